The van der Waals surface area contributed by atoms with Gasteiger partial charge in [-0.25, -0.2) is 0 Å². The molecule has 4 aliphatic rings. The first kappa shape index (κ1) is 38.6. The molecule has 0 aromatic heterocycles. The fraction of sp³-hybridized carbons (Fsp3) is 0.757. The number of fused-ring (bicyclic) bond motifs is 5. The summed E-state index contributed by atoms with van der Waals surface area (Å²) in [5.74, 6) is -2.84. The molecule has 50 heavy (non-hydrogen) atoms. The average Bonchev–Trinajstić information content (AvgIpc) is 3.22. The van der Waals surface area contributed by atoms with E-state index in [1.807, 2.05) is 20.8 Å². The van der Waals surface area contributed by atoms with Crippen LogP contribution in [0, 0.1) is 29.6 Å². The zero-order valence-electron chi connectivity index (χ0n) is 30.2. The molecule has 1 aliphatic heterocycles. The molecule has 1 saturated heterocycles. The van der Waals surface area contributed by atoms with Crippen molar-refractivity contribution in [3.63, 3.8) is 0 Å². The number of aromatic hydroxyl groups is 1. The molecule has 0 unspecified atom stereocenters. The number of hydrogen-bond donors (Lipinski definition) is 7. The largest absolute Gasteiger partial charge is 0.504 e. The monoisotopic (exact) mass is 706 g/mol. The van der Waals surface area contributed by atoms with Crippen molar-refractivity contribution in [3.8, 4) is 11.5 Å². The van der Waals surface area contributed by atoms with Crippen molar-refractivity contribution < 1.29 is 64.3 Å². The second-order valence-electron chi connectivity index (χ2n) is 16.6. The number of phenols is 1. The number of esters is 1. The fourth-order valence-corrected chi connectivity index (χ4v) is 10.3. The van der Waals surface area contributed by atoms with Crippen molar-refractivity contribution in [2.24, 2.45) is 22.7 Å². The van der Waals surface area contributed by atoms with Gasteiger partial charge in [0.05, 0.1) is 18.1 Å². The topological polar surface area (TPSA) is 221 Å². The van der Waals surface area contributed by atoms with E-state index in [1.165, 1.54) is 13.8 Å². The van der Waals surface area contributed by atoms with Crippen LogP contribution >= 0.6 is 0 Å². The molecule has 13 heteroatoms. The molecule has 3 aliphatic carbocycles. The van der Waals surface area contributed by atoms with Crippen LogP contribution < -0.4 is 4.74 Å². The molecule has 13 nitrogen and oxygen atoms in total. The number of hydrogen-bond acceptors (Lipinski definition) is 13. The first-order chi connectivity index (χ1) is 23.0. The molecule has 0 radical (unpaired) electrons. The summed E-state index contributed by atoms with van der Waals surface area (Å²) in [4.78, 5) is 39.9. The van der Waals surface area contributed by atoms with Crippen LogP contribution in [-0.4, -0.2) is 108 Å². The third kappa shape index (κ3) is 5.77. The van der Waals surface area contributed by atoms with Crippen molar-refractivity contribution in [2.75, 3.05) is 6.61 Å². The number of Topliss-reactive ketones (excluding diaryl/α,β-unsaturated/α-hetero) is 2. The zero-order valence-corrected chi connectivity index (χ0v) is 30.2. The number of carbonyl (C=O) groups excluding carboxylic acids is 3. The van der Waals surface area contributed by atoms with Gasteiger partial charge in [-0.1, -0.05) is 13.8 Å². The van der Waals surface area contributed by atoms with E-state index in [9.17, 15) is 50.1 Å². The minimum absolute atomic E-state index is 0.0527. The van der Waals surface area contributed by atoms with Gasteiger partial charge in [-0.3, -0.25) is 14.4 Å². The van der Waals surface area contributed by atoms with Gasteiger partial charge in [0.2, 0.25) is 6.29 Å². The minimum atomic E-state index is -1.99. The number of rotatable bonds is 9. The second-order valence-corrected chi connectivity index (χ2v) is 16.6. The number of carbonyl (C=O) groups is 3. The number of ether oxygens (including phenoxy) is 3. The molecule has 280 valence electrons. The lowest BCUT2D eigenvalue weighted by Gasteiger charge is -2.61. The molecule has 1 heterocycles. The lowest BCUT2D eigenvalue weighted by atomic mass is 9.41. The molecule has 0 amide bonds. The predicted molar refractivity (Wildman–Crippen MR) is 177 cm³/mol. The van der Waals surface area contributed by atoms with Gasteiger partial charge < -0.3 is 50.0 Å². The SMILES string of the molecule is CC(=O)OC(C)(C)CCC(=O)[C@](C)(O)[C@H]1[C@H](O)C[C@@]2(C)[C@H]3CCc4c(cc(O[C@@H]5O[C@H](CO)[C@@H](O)[C@H](O)[C@H]5O)c(O)c4C)[C@]3(C)C(=O)C[C@]12C. The summed E-state index contributed by atoms with van der Waals surface area (Å²) >= 11 is 0. The average molecular weight is 707 g/mol. The Morgan fingerprint density at radius 1 is 1.04 bits per heavy atom. The summed E-state index contributed by atoms with van der Waals surface area (Å²) in [7, 11) is 0. The summed E-state index contributed by atoms with van der Waals surface area (Å²) in [5, 5.41) is 75.7. The van der Waals surface area contributed by atoms with E-state index < -0.39 is 88.5 Å². The maximum absolute atomic E-state index is 14.7. The highest BCUT2D eigenvalue weighted by atomic mass is 16.7. The summed E-state index contributed by atoms with van der Waals surface area (Å²) in [6.45, 7) is 12.8. The Morgan fingerprint density at radius 2 is 1.68 bits per heavy atom. The molecule has 0 bridgehead atoms. The van der Waals surface area contributed by atoms with Crippen molar-refractivity contribution >= 4 is 17.5 Å². The summed E-state index contributed by atoms with van der Waals surface area (Å²) < 4.78 is 16.8. The van der Waals surface area contributed by atoms with E-state index in [0.717, 1.165) is 5.56 Å². The third-order valence-corrected chi connectivity index (χ3v) is 13.1. The summed E-state index contributed by atoms with van der Waals surface area (Å²) in [5.41, 5.74) is -3.97. The molecular weight excluding hydrogens is 652 g/mol. The van der Waals surface area contributed by atoms with Gasteiger partial charge >= 0.3 is 5.97 Å². The molecule has 5 rings (SSSR count). The van der Waals surface area contributed by atoms with Crippen molar-refractivity contribution in [1.82, 2.24) is 0 Å². The summed E-state index contributed by atoms with van der Waals surface area (Å²) in [6.07, 6.45) is -7.67. The van der Waals surface area contributed by atoms with Gasteiger partial charge in [0.15, 0.2) is 17.3 Å². The first-order valence-corrected chi connectivity index (χ1v) is 17.5. The minimum Gasteiger partial charge on any atom is -0.504 e. The molecule has 2 saturated carbocycles. The van der Waals surface area contributed by atoms with Crippen LogP contribution in [0.15, 0.2) is 6.07 Å². The van der Waals surface area contributed by atoms with Crippen LogP contribution in [0.1, 0.15) is 97.3 Å². The second kappa shape index (κ2) is 12.8. The van der Waals surface area contributed by atoms with Crippen molar-refractivity contribution in [1.29, 1.82) is 0 Å². The van der Waals surface area contributed by atoms with Crippen molar-refractivity contribution in [2.45, 2.75) is 147 Å². The van der Waals surface area contributed by atoms with Crippen molar-refractivity contribution in [3.05, 3.63) is 22.8 Å². The highest BCUT2D eigenvalue weighted by Crippen LogP contribution is 2.72. The Bertz CT molecular complexity index is 1540. The van der Waals surface area contributed by atoms with Gasteiger partial charge in [0.25, 0.3) is 0 Å². The smallest absolute Gasteiger partial charge is 0.303 e. The standard InChI is InChI=1S/C37H54O13/c1-17-19-9-10-24-34(5)14-21(40)31(37(8,47)25(41)11-12-33(3,4)50-18(2)39)35(34,6)15-26(42)36(24,7)20(19)13-22(27(17)43)48-32-30(46)29(45)28(44)23(16-38)49-32/h13,21,23-24,28-32,38,40,43-47H,9-12,14-16H2,1-8H3/t21-,23-,24-,28-,29+,30-,31+,32-,34+,35-,36+,37+/m1/s1. The third-order valence-electron chi connectivity index (χ3n) is 13.1. The number of ketones is 2. The molecule has 1 aromatic carbocycles. The Labute approximate surface area is 292 Å². The number of benzene rings is 1. The molecular formula is C37H54O13. The predicted octanol–water partition coefficient (Wildman–Crippen LogP) is 1.51. The highest BCUT2D eigenvalue weighted by Gasteiger charge is 2.73. The maximum atomic E-state index is 14.7. The van der Waals surface area contributed by atoms with Crippen LogP contribution in [-0.2, 0) is 35.7 Å². The van der Waals surface area contributed by atoms with Crippen LogP contribution in [0.3, 0.4) is 0 Å². The van der Waals surface area contributed by atoms with Gasteiger partial charge in [-0.05, 0) is 99.8 Å². The Morgan fingerprint density at radius 3 is 2.28 bits per heavy atom. The van der Waals surface area contributed by atoms with Crippen LogP contribution in [0.2, 0.25) is 0 Å². The van der Waals surface area contributed by atoms with Crippen LogP contribution in [0.25, 0.3) is 0 Å². The van der Waals surface area contributed by atoms with E-state index >= 15 is 0 Å². The van der Waals surface area contributed by atoms with Gasteiger partial charge in [-0.2, -0.15) is 0 Å². The molecule has 7 N–H and O–H groups in total. The van der Waals surface area contributed by atoms with Crippen LogP contribution in [0.5, 0.6) is 11.5 Å². The van der Waals surface area contributed by atoms with Gasteiger partial charge in [-0.15, -0.1) is 0 Å². The first-order valence-electron chi connectivity index (χ1n) is 17.5. The Kier molecular flexibility index (Phi) is 9.86. The van der Waals surface area contributed by atoms with E-state index in [0.29, 0.717) is 24.0 Å². The Hall–Kier alpha value is -2.65. The molecule has 0 spiro atoms. The lowest BCUT2D eigenvalue weighted by Crippen LogP contribution is -2.63. The van der Waals surface area contributed by atoms with Gasteiger partial charge in [0.1, 0.15) is 41.4 Å². The maximum Gasteiger partial charge on any atom is 0.303 e. The van der Waals surface area contributed by atoms with Gasteiger partial charge in [0, 0.05) is 25.7 Å². The normalized spacial score (nSPS) is 39.5. The number of aliphatic hydroxyl groups is 6. The fourth-order valence-electron chi connectivity index (χ4n) is 10.3. The van der Waals surface area contributed by atoms with E-state index in [4.69, 9.17) is 14.2 Å². The number of phenolic OH excluding ortho intramolecular Hbond substituents is 1. The quantitative estimate of drug-likeness (QED) is 0.181. The van der Waals surface area contributed by atoms with E-state index in [1.54, 1.807) is 26.8 Å². The molecule has 3 fully saturated rings. The lowest BCUT2D eigenvalue weighted by molar-refractivity contribution is -0.277. The highest BCUT2D eigenvalue weighted by molar-refractivity contribution is 5.94. The number of aliphatic hydroxyl groups excluding tert-OH is 5. The molecule has 12 atom stereocenters. The summed E-state index contributed by atoms with van der Waals surface area (Å²) in [6, 6.07) is 1.54. The van der Waals surface area contributed by atoms with E-state index in [-0.39, 0.29) is 48.9 Å². The van der Waals surface area contributed by atoms with Crippen LogP contribution in [0.4, 0.5) is 0 Å². The van der Waals surface area contributed by atoms with E-state index in [2.05, 4.69) is 0 Å². The molecule has 1 aromatic rings. The Balaban J connectivity index is 1.49. The zero-order chi connectivity index (χ0) is 37.5.